The van der Waals surface area contributed by atoms with Crippen molar-refractivity contribution in [3.8, 4) is 17.2 Å². The third kappa shape index (κ3) is 7.69. The molecule has 1 fully saturated rings. The van der Waals surface area contributed by atoms with Crippen molar-refractivity contribution < 1.29 is 28.6 Å². The normalized spacial score (nSPS) is 14.0. The van der Waals surface area contributed by atoms with Crippen molar-refractivity contribution in [3.05, 3.63) is 120 Å². The van der Waals surface area contributed by atoms with E-state index in [1.54, 1.807) is 36.4 Å². The molecule has 0 aromatic heterocycles. The highest BCUT2D eigenvalue weighted by atomic mass is 127. The standard InChI is InChI=1S/C33H25Br2IN2O6/c1-2-42-29-17-22(16-28(36)30(29)44-19-21-5-9-24(35)10-6-21)15-27-31(39)37-33(41)38(32(27)40)25-11-13-26(14-12-25)43-18-20-3-7-23(34)8-4-20/h3-17H,2,18-19H2,1H3,(H,37,39,41)/b27-15+. The predicted octanol–water partition coefficient (Wildman–Crippen LogP) is 8.04. The average Bonchev–Trinajstić information content (AvgIpc) is 3.00. The van der Waals surface area contributed by atoms with Crippen LogP contribution in [0.25, 0.3) is 6.08 Å². The van der Waals surface area contributed by atoms with E-state index in [2.05, 4.69) is 59.8 Å². The molecule has 5 rings (SSSR count). The fourth-order valence-electron chi connectivity index (χ4n) is 4.31. The van der Waals surface area contributed by atoms with Crippen molar-refractivity contribution in [1.82, 2.24) is 5.32 Å². The third-order valence-corrected chi connectivity index (χ3v) is 8.31. The van der Waals surface area contributed by atoms with Crippen LogP contribution in [-0.2, 0) is 22.8 Å². The molecule has 44 heavy (non-hydrogen) atoms. The summed E-state index contributed by atoms with van der Waals surface area (Å²) in [5.74, 6) is 0.0590. The molecular weight excluding hydrogens is 807 g/mol. The van der Waals surface area contributed by atoms with Crippen LogP contribution in [0, 0.1) is 3.57 Å². The summed E-state index contributed by atoms with van der Waals surface area (Å²) in [5.41, 5.74) is 2.61. The number of carbonyl (C=O) groups is 3. The van der Waals surface area contributed by atoms with Gasteiger partial charge in [0.25, 0.3) is 11.8 Å². The van der Waals surface area contributed by atoms with E-state index in [0.29, 0.717) is 48.3 Å². The number of anilines is 1. The van der Waals surface area contributed by atoms with Gasteiger partial charge in [-0.2, -0.15) is 0 Å². The minimum absolute atomic E-state index is 0.193. The lowest BCUT2D eigenvalue weighted by Gasteiger charge is -2.26. The first-order valence-corrected chi connectivity index (χ1v) is 16.1. The van der Waals surface area contributed by atoms with Crippen molar-refractivity contribution in [2.24, 2.45) is 0 Å². The molecule has 0 unspecified atom stereocenters. The van der Waals surface area contributed by atoms with Gasteiger partial charge in [-0.05, 0) is 113 Å². The summed E-state index contributed by atoms with van der Waals surface area (Å²) in [5, 5.41) is 2.27. The molecule has 0 aliphatic carbocycles. The molecule has 224 valence electrons. The maximum Gasteiger partial charge on any atom is 0.335 e. The van der Waals surface area contributed by atoms with E-state index in [4.69, 9.17) is 14.2 Å². The van der Waals surface area contributed by atoms with E-state index in [-0.39, 0.29) is 5.57 Å². The minimum atomic E-state index is -0.832. The zero-order valence-electron chi connectivity index (χ0n) is 23.3. The number of benzene rings is 4. The fourth-order valence-corrected chi connectivity index (χ4v) is 5.62. The Hall–Kier alpha value is -3.68. The van der Waals surface area contributed by atoms with Crippen molar-refractivity contribution in [3.63, 3.8) is 0 Å². The molecule has 1 aliphatic heterocycles. The van der Waals surface area contributed by atoms with Crippen LogP contribution in [0.5, 0.6) is 17.2 Å². The number of imide groups is 2. The molecule has 4 aromatic rings. The topological polar surface area (TPSA) is 94.2 Å². The van der Waals surface area contributed by atoms with Gasteiger partial charge in [0.05, 0.1) is 15.9 Å². The number of nitrogens with one attached hydrogen (secondary N) is 1. The van der Waals surface area contributed by atoms with Crippen LogP contribution in [0.3, 0.4) is 0 Å². The molecule has 11 heteroatoms. The van der Waals surface area contributed by atoms with E-state index in [0.717, 1.165) is 28.5 Å². The zero-order chi connectivity index (χ0) is 31.2. The molecule has 0 bridgehead atoms. The molecule has 1 heterocycles. The van der Waals surface area contributed by atoms with Crippen molar-refractivity contribution in [2.45, 2.75) is 20.1 Å². The van der Waals surface area contributed by atoms with Gasteiger partial charge in [-0.1, -0.05) is 56.1 Å². The van der Waals surface area contributed by atoms with Gasteiger partial charge in [0.1, 0.15) is 24.5 Å². The quantitative estimate of drug-likeness (QED) is 0.0989. The number of ether oxygens (including phenoxy) is 3. The molecular formula is C33H25Br2IN2O6. The Balaban J connectivity index is 1.35. The lowest BCUT2D eigenvalue weighted by Crippen LogP contribution is -2.54. The Morgan fingerprint density at radius 3 is 1.98 bits per heavy atom. The maximum atomic E-state index is 13.5. The van der Waals surface area contributed by atoms with E-state index in [9.17, 15) is 14.4 Å². The number of amides is 4. The van der Waals surface area contributed by atoms with Crippen LogP contribution < -0.4 is 24.4 Å². The highest BCUT2D eigenvalue weighted by molar-refractivity contribution is 14.1. The van der Waals surface area contributed by atoms with Crippen molar-refractivity contribution in [2.75, 3.05) is 11.5 Å². The fraction of sp³-hybridized carbons (Fsp3) is 0.121. The molecule has 1 N–H and O–H groups in total. The predicted molar refractivity (Wildman–Crippen MR) is 183 cm³/mol. The minimum Gasteiger partial charge on any atom is -0.490 e. The summed E-state index contributed by atoms with van der Waals surface area (Å²) >= 11 is 8.97. The Kier molecular flexibility index (Phi) is 10.4. The Morgan fingerprint density at radius 1 is 0.795 bits per heavy atom. The van der Waals surface area contributed by atoms with Gasteiger partial charge in [-0.3, -0.25) is 14.9 Å². The maximum absolute atomic E-state index is 13.5. The first-order valence-electron chi connectivity index (χ1n) is 13.4. The number of carbonyl (C=O) groups excluding carboxylic acids is 3. The molecule has 4 aromatic carbocycles. The van der Waals surface area contributed by atoms with Crippen LogP contribution in [0.2, 0.25) is 0 Å². The molecule has 4 amide bonds. The van der Waals surface area contributed by atoms with Crippen LogP contribution >= 0.6 is 54.5 Å². The van der Waals surface area contributed by atoms with Crippen molar-refractivity contribution >= 4 is 84.1 Å². The molecule has 1 saturated heterocycles. The molecule has 1 aliphatic rings. The van der Waals surface area contributed by atoms with Gasteiger partial charge in [-0.25, -0.2) is 9.69 Å². The Labute approximate surface area is 284 Å². The summed E-state index contributed by atoms with van der Waals surface area (Å²) in [6.45, 7) is 2.92. The second-order valence-corrected chi connectivity index (χ2v) is 12.5. The molecule has 0 spiro atoms. The molecule has 8 nitrogen and oxygen atoms in total. The number of nitrogens with zero attached hydrogens (tertiary/aromatic N) is 1. The number of hydrogen-bond donors (Lipinski definition) is 1. The monoisotopic (exact) mass is 830 g/mol. The third-order valence-electron chi connectivity index (χ3n) is 6.45. The first-order chi connectivity index (χ1) is 21.2. The number of hydrogen-bond acceptors (Lipinski definition) is 6. The van der Waals surface area contributed by atoms with E-state index < -0.39 is 17.8 Å². The Bertz CT molecular complexity index is 1730. The van der Waals surface area contributed by atoms with Crippen LogP contribution in [-0.4, -0.2) is 24.5 Å². The summed E-state index contributed by atoms with van der Waals surface area (Å²) in [4.78, 5) is 40.0. The van der Waals surface area contributed by atoms with Gasteiger partial charge < -0.3 is 14.2 Å². The Morgan fingerprint density at radius 2 is 1.39 bits per heavy atom. The summed E-state index contributed by atoms with van der Waals surface area (Å²) in [6.07, 6.45) is 1.44. The van der Waals surface area contributed by atoms with Gasteiger partial charge in [-0.15, -0.1) is 0 Å². The van der Waals surface area contributed by atoms with Crippen LogP contribution in [0.4, 0.5) is 10.5 Å². The molecule has 0 radical (unpaired) electrons. The van der Waals surface area contributed by atoms with Gasteiger partial charge >= 0.3 is 6.03 Å². The van der Waals surface area contributed by atoms with Gasteiger partial charge in [0.15, 0.2) is 11.5 Å². The van der Waals surface area contributed by atoms with E-state index in [1.165, 1.54) is 6.08 Å². The van der Waals surface area contributed by atoms with Gasteiger partial charge in [0, 0.05) is 8.95 Å². The zero-order valence-corrected chi connectivity index (χ0v) is 28.6. The summed E-state index contributed by atoms with van der Waals surface area (Å²) in [6, 6.07) is 24.7. The lowest BCUT2D eigenvalue weighted by atomic mass is 10.1. The smallest absolute Gasteiger partial charge is 0.335 e. The van der Waals surface area contributed by atoms with E-state index in [1.807, 2.05) is 55.5 Å². The number of halogens is 3. The number of rotatable bonds is 10. The van der Waals surface area contributed by atoms with Crippen LogP contribution in [0.1, 0.15) is 23.6 Å². The SMILES string of the molecule is CCOc1cc(/C=C2\C(=O)NC(=O)N(c3ccc(OCc4ccc(Br)cc4)cc3)C2=O)cc(I)c1OCc1ccc(Br)cc1. The number of barbiturate groups is 1. The van der Waals surface area contributed by atoms with E-state index >= 15 is 0 Å². The van der Waals surface area contributed by atoms with Crippen LogP contribution in [0.15, 0.2) is 99.4 Å². The highest BCUT2D eigenvalue weighted by Crippen LogP contribution is 2.36. The molecule has 0 saturated carbocycles. The summed E-state index contributed by atoms with van der Waals surface area (Å²) < 4.78 is 20.5. The second-order valence-electron chi connectivity index (χ2n) is 9.55. The first kappa shape index (κ1) is 31.7. The lowest BCUT2D eigenvalue weighted by molar-refractivity contribution is -0.122. The average molecular weight is 832 g/mol. The summed E-state index contributed by atoms with van der Waals surface area (Å²) in [7, 11) is 0. The number of urea groups is 1. The highest BCUT2D eigenvalue weighted by Gasteiger charge is 2.37. The van der Waals surface area contributed by atoms with Gasteiger partial charge in [0.2, 0.25) is 0 Å². The largest absolute Gasteiger partial charge is 0.490 e. The second kappa shape index (κ2) is 14.4. The van der Waals surface area contributed by atoms with Crippen molar-refractivity contribution in [1.29, 1.82) is 0 Å². The molecule has 0 atom stereocenters.